The molecule has 28 heavy (non-hydrogen) atoms. The Bertz CT molecular complexity index is 1010. The Hall–Kier alpha value is -3.21. The van der Waals surface area contributed by atoms with Crippen molar-refractivity contribution in [3.63, 3.8) is 0 Å². The van der Waals surface area contributed by atoms with Crippen molar-refractivity contribution in [2.45, 2.75) is 13.3 Å². The van der Waals surface area contributed by atoms with Crippen molar-refractivity contribution in [3.8, 4) is 5.75 Å². The van der Waals surface area contributed by atoms with Gasteiger partial charge in [-0.1, -0.05) is 36.4 Å². The number of nitrogens with zero attached hydrogens (tertiary/aromatic N) is 1. The van der Waals surface area contributed by atoms with Crippen LogP contribution in [0.5, 0.6) is 5.75 Å². The Balaban J connectivity index is 1.42. The summed E-state index contributed by atoms with van der Waals surface area (Å²) in [5, 5.41) is 0. The van der Waals surface area contributed by atoms with Crippen molar-refractivity contribution in [2.24, 2.45) is 23.7 Å². The van der Waals surface area contributed by atoms with E-state index in [1.54, 1.807) is 36.4 Å². The molecular weight excluding hydrogens is 354 g/mol. The van der Waals surface area contributed by atoms with Crippen LogP contribution in [0.25, 0.3) is 0 Å². The van der Waals surface area contributed by atoms with Gasteiger partial charge < -0.3 is 4.74 Å². The van der Waals surface area contributed by atoms with Crippen LogP contribution in [0.3, 0.4) is 0 Å². The van der Waals surface area contributed by atoms with Gasteiger partial charge in [0.05, 0.1) is 23.1 Å². The molecule has 1 saturated carbocycles. The maximum atomic E-state index is 13.0. The molecule has 2 aromatic carbocycles. The van der Waals surface area contributed by atoms with Crippen molar-refractivity contribution in [1.82, 2.24) is 0 Å². The van der Waals surface area contributed by atoms with Gasteiger partial charge in [-0.2, -0.15) is 0 Å². The molecule has 1 heterocycles. The summed E-state index contributed by atoms with van der Waals surface area (Å²) in [5.41, 5.74) is 1.59. The van der Waals surface area contributed by atoms with E-state index in [1.807, 2.05) is 19.1 Å². The van der Waals surface area contributed by atoms with Gasteiger partial charge in [-0.25, -0.2) is 9.69 Å². The van der Waals surface area contributed by atoms with Gasteiger partial charge in [0.25, 0.3) is 0 Å². The number of carbonyl (C=O) groups excluding carboxylic acids is 3. The van der Waals surface area contributed by atoms with Gasteiger partial charge in [0.1, 0.15) is 5.75 Å². The first-order chi connectivity index (χ1) is 13.5. The van der Waals surface area contributed by atoms with Gasteiger partial charge in [-0.05, 0) is 55.0 Å². The fourth-order valence-corrected chi connectivity index (χ4v) is 4.76. The Morgan fingerprint density at radius 3 is 2.32 bits per heavy atom. The highest BCUT2D eigenvalue weighted by Gasteiger charge is 2.59. The van der Waals surface area contributed by atoms with E-state index < -0.39 is 5.97 Å². The van der Waals surface area contributed by atoms with Crippen LogP contribution in [0, 0.1) is 30.6 Å². The first-order valence-corrected chi connectivity index (χ1v) is 9.48. The zero-order chi connectivity index (χ0) is 19.4. The summed E-state index contributed by atoms with van der Waals surface area (Å²) in [6.07, 6.45) is 5.02. The predicted molar refractivity (Wildman–Crippen MR) is 103 cm³/mol. The van der Waals surface area contributed by atoms with Gasteiger partial charge in [0, 0.05) is 0 Å². The van der Waals surface area contributed by atoms with Crippen molar-refractivity contribution in [1.29, 1.82) is 0 Å². The first-order valence-electron chi connectivity index (χ1n) is 9.48. The number of imide groups is 1. The minimum absolute atomic E-state index is 0.156. The van der Waals surface area contributed by atoms with Crippen molar-refractivity contribution in [2.75, 3.05) is 4.90 Å². The lowest BCUT2D eigenvalue weighted by Gasteiger charge is -2.18. The lowest BCUT2D eigenvalue weighted by atomic mass is 9.85. The molecule has 2 aliphatic carbocycles. The minimum Gasteiger partial charge on any atom is -0.423 e. The van der Waals surface area contributed by atoms with Crippen molar-refractivity contribution >= 4 is 23.5 Å². The molecule has 0 radical (unpaired) electrons. The number of ether oxygens (including phenoxy) is 1. The van der Waals surface area contributed by atoms with Gasteiger partial charge in [0.15, 0.2) is 0 Å². The zero-order valence-electron chi connectivity index (χ0n) is 15.4. The first kappa shape index (κ1) is 16.9. The number of anilines is 1. The number of aryl methyl sites for hydroxylation is 1. The third-order valence-corrected chi connectivity index (χ3v) is 6.11. The third-order valence-electron chi connectivity index (χ3n) is 6.11. The fraction of sp³-hybridized carbons (Fsp3) is 0.261. The Kier molecular flexibility index (Phi) is 3.72. The van der Waals surface area contributed by atoms with Crippen LogP contribution in [0.2, 0.25) is 0 Å². The molecule has 5 rings (SSSR count). The maximum Gasteiger partial charge on any atom is 0.343 e. The topological polar surface area (TPSA) is 63.7 Å². The number of benzene rings is 2. The summed E-state index contributed by atoms with van der Waals surface area (Å²) in [7, 11) is 0. The molecule has 140 valence electrons. The second kappa shape index (κ2) is 6.16. The Labute approximate surface area is 162 Å². The number of hydrogen-bond donors (Lipinski definition) is 0. The molecule has 2 fully saturated rings. The van der Waals surface area contributed by atoms with Crippen molar-refractivity contribution < 1.29 is 19.1 Å². The van der Waals surface area contributed by atoms with E-state index in [1.165, 1.54) is 4.90 Å². The molecule has 1 aliphatic heterocycles. The van der Waals surface area contributed by atoms with E-state index in [0.717, 1.165) is 12.0 Å². The highest BCUT2D eigenvalue weighted by atomic mass is 16.5. The molecule has 0 N–H and O–H groups in total. The zero-order valence-corrected chi connectivity index (χ0v) is 15.4. The quantitative estimate of drug-likeness (QED) is 0.357. The van der Waals surface area contributed by atoms with Crippen LogP contribution < -0.4 is 9.64 Å². The standard InChI is InChI=1S/C23H19NO4/c1-13-5-2-3-8-18(13)28-23(27)16-6-4-7-17(12-16)24-21(25)19-14-9-10-15(11-14)20(19)22(24)26/h2-10,12,14-15,19-20H,11H2,1H3/t14-,15-,19-,20+/m0/s1. The van der Waals surface area contributed by atoms with E-state index >= 15 is 0 Å². The molecule has 0 unspecified atom stereocenters. The van der Waals surface area contributed by atoms with E-state index in [0.29, 0.717) is 17.0 Å². The summed E-state index contributed by atoms with van der Waals surface area (Å²) in [5.74, 6) is -0.542. The van der Waals surface area contributed by atoms with Gasteiger partial charge >= 0.3 is 5.97 Å². The highest BCUT2D eigenvalue weighted by Crippen LogP contribution is 2.53. The number of carbonyl (C=O) groups is 3. The van der Waals surface area contributed by atoms with Gasteiger partial charge in [-0.3, -0.25) is 9.59 Å². The minimum atomic E-state index is -0.517. The van der Waals surface area contributed by atoms with Crippen LogP contribution in [0.4, 0.5) is 5.69 Å². The largest absolute Gasteiger partial charge is 0.423 e. The summed E-state index contributed by atoms with van der Waals surface area (Å²) in [4.78, 5) is 39.8. The van der Waals surface area contributed by atoms with Crippen molar-refractivity contribution in [3.05, 3.63) is 71.8 Å². The number of para-hydroxylation sites is 1. The van der Waals surface area contributed by atoms with Crippen LogP contribution in [0.1, 0.15) is 22.3 Å². The number of allylic oxidation sites excluding steroid dienone is 2. The van der Waals surface area contributed by atoms with E-state index in [4.69, 9.17) is 4.74 Å². The molecule has 0 spiro atoms. The SMILES string of the molecule is Cc1ccccc1OC(=O)c1cccc(N2C(=O)[C@@H]3[C@H](C2=O)[C@H]2C=C[C@H]3C2)c1. The average Bonchev–Trinajstić information content (AvgIpc) is 3.37. The van der Waals surface area contributed by atoms with E-state index in [-0.39, 0.29) is 35.5 Å². The van der Waals surface area contributed by atoms with Gasteiger partial charge in [-0.15, -0.1) is 0 Å². The molecule has 3 aliphatic rings. The highest BCUT2D eigenvalue weighted by molar-refractivity contribution is 6.23. The predicted octanol–water partition coefficient (Wildman–Crippen LogP) is 3.53. The maximum absolute atomic E-state index is 13.0. The average molecular weight is 373 g/mol. The summed E-state index contributed by atoms with van der Waals surface area (Å²) >= 11 is 0. The molecule has 5 nitrogen and oxygen atoms in total. The summed E-state index contributed by atoms with van der Waals surface area (Å²) < 4.78 is 5.48. The smallest absolute Gasteiger partial charge is 0.343 e. The Morgan fingerprint density at radius 2 is 1.64 bits per heavy atom. The lowest BCUT2D eigenvalue weighted by Crippen LogP contribution is -2.33. The molecule has 0 aromatic heterocycles. The summed E-state index contributed by atoms with van der Waals surface area (Å²) in [6, 6.07) is 13.8. The summed E-state index contributed by atoms with van der Waals surface area (Å²) in [6.45, 7) is 1.86. The number of rotatable bonds is 3. The second-order valence-corrected chi connectivity index (χ2v) is 7.72. The van der Waals surface area contributed by atoms with E-state index in [2.05, 4.69) is 12.2 Å². The third kappa shape index (κ3) is 2.43. The number of esters is 1. The van der Waals surface area contributed by atoms with Crippen LogP contribution >= 0.6 is 0 Å². The Morgan fingerprint density at radius 1 is 0.964 bits per heavy atom. The molecule has 5 heteroatoms. The van der Waals surface area contributed by atoms with Crippen LogP contribution in [-0.4, -0.2) is 17.8 Å². The molecule has 2 aromatic rings. The van der Waals surface area contributed by atoms with Crippen LogP contribution in [-0.2, 0) is 9.59 Å². The van der Waals surface area contributed by atoms with Crippen LogP contribution in [0.15, 0.2) is 60.7 Å². The normalized spacial score (nSPS) is 27.4. The second-order valence-electron chi connectivity index (χ2n) is 7.72. The van der Waals surface area contributed by atoms with E-state index in [9.17, 15) is 14.4 Å². The molecule has 2 bridgehead atoms. The lowest BCUT2D eigenvalue weighted by molar-refractivity contribution is -0.123. The number of amides is 2. The number of fused-ring (bicyclic) bond motifs is 5. The van der Waals surface area contributed by atoms with Gasteiger partial charge in [0.2, 0.25) is 11.8 Å². The monoisotopic (exact) mass is 373 g/mol. The molecule has 1 saturated heterocycles. The molecular formula is C23H19NO4. The number of hydrogen-bond acceptors (Lipinski definition) is 4. The molecule has 2 amide bonds. The molecule has 4 atom stereocenters. The fourth-order valence-electron chi connectivity index (χ4n) is 4.76.